The summed E-state index contributed by atoms with van der Waals surface area (Å²) in [5.74, 6) is -2.11. The largest absolute Gasteiger partial charge is 0.463 e. The van der Waals surface area contributed by atoms with Gasteiger partial charge in [0, 0.05) is 34.1 Å². The molecule has 1 fully saturated rings. The van der Waals surface area contributed by atoms with Gasteiger partial charge in [0.15, 0.2) is 29.8 Å². The highest BCUT2D eigenvalue weighted by Gasteiger charge is 2.52. The molecule has 3 aromatic rings. The summed E-state index contributed by atoms with van der Waals surface area (Å²) < 4.78 is 33.8. The van der Waals surface area contributed by atoms with Crippen molar-refractivity contribution in [3.8, 4) is 0 Å². The second kappa shape index (κ2) is 12.1. The fourth-order valence-electron chi connectivity index (χ4n) is 4.55. The number of carbonyl (C=O) groups is 4. The van der Waals surface area contributed by atoms with Crippen molar-refractivity contribution in [2.24, 2.45) is 0 Å². The van der Waals surface area contributed by atoms with Crippen LogP contribution in [0.15, 0.2) is 52.9 Å². The van der Waals surface area contributed by atoms with E-state index in [2.05, 4.69) is 4.98 Å². The summed E-state index contributed by atoms with van der Waals surface area (Å²) in [5.41, 5.74) is 2.82. The van der Waals surface area contributed by atoms with Gasteiger partial charge >= 0.3 is 23.9 Å². The molecule has 206 valence electrons. The molecule has 0 N–H and O–H groups in total. The summed E-state index contributed by atoms with van der Waals surface area (Å²) in [4.78, 5) is 52.2. The van der Waals surface area contributed by atoms with Crippen LogP contribution < -0.4 is 0 Å². The minimum Gasteiger partial charge on any atom is -0.463 e. The monoisotopic (exact) mass is 539 g/mol. The SMILES string of the molecule is CC(=O)OCC1O[C@@H](c2cccc(Cc3nc4ccccc4o3)c2)[C@H](OC(C)=O)C(OC(C)=O)[C@@H]1OC(C)=O. The molecule has 1 aliphatic heterocycles. The molecule has 39 heavy (non-hydrogen) atoms. The molecule has 0 bridgehead atoms. The third-order valence-electron chi connectivity index (χ3n) is 5.96. The van der Waals surface area contributed by atoms with Crippen molar-refractivity contribution in [3.05, 3.63) is 65.5 Å². The summed E-state index contributed by atoms with van der Waals surface area (Å²) in [6, 6.07) is 14.7. The highest BCUT2D eigenvalue weighted by molar-refractivity contribution is 5.72. The van der Waals surface area contributed by atoms with Gasteiger partial charge in [-0.2, -0.15) is 0 Å². The van der Waals surface area contributed by atoms with Crippen LogP contribution in [0.2, 0.25) is 0 Å². The first kappa shape index (κ1) is 27.8. The van der Waals surface area contributed by atoms with Crippen LogP contribution in [0.1, 0.15) is 50.8 Å². The molecule has 4 rings (SSSR count). The van der Waals surface area contributed by atoms with Crippen LogP contribution in [0.4, 0.5) is 0 Å². The number of aromatic nitrogens is 1. The van der Waals surface area contributed by atoms with Crippen LogP contribution in [-0.2, 0) is 49.3 Å². The van der Waals surface area contributed by atoms with E-state index >= 15 is 0 Å². The standard InChI is InChI=1S/C28H29NO10/c1-15(30)34-14-23-26(35-16(2)31)28(37-18(4)33)27(36-17(3)32)25(39-23)20-9-7-8-19(12-20)13-24-29-21-10-5-6-11-22(21)38-24/h5-12,23,25-28H,13-14H2,1-4H3/t23?,25-,26+,27-,28?/m0/s1. The highest BCUT2D eigenvalue weighted by atomic mass is 16.7. The number of esters is 4. The van der Waals surface area contributed by atoms with E-state index in [1.54, 1.807) is 12.1 Å². The Morgan fingerprint density at radius 2 is 1.46 bits per heavy atom. The number of para-hydroxylation sites is 2. The van der Waals surface area contributed by atoms with Gasteiger partial charge in [0.2, 0.25) is 0 Å². The molecule has 2 unspecified atom stereocenters. The van der Waals surface area contributed by atoms with Gasteiger partial charge < -0.3 is 28.1 Å². The van der Waals surface area contributed by atoms with Crippen molar-refractivity contribution in [1.29, 1.82) is 0 Å². The Bertz CT molecular complexity index is 1330. The Balaban J connectivity index is 1.71. The summed E-state index contributed by atoms with van der Waals surface area (Å²) in [5, 5.41) is 0. The zero-order valence-electron chi connectivity index (χ0n) is 21.9. The maximum atomic E-state index is 12.1. The van der Waals surface area contributed by atoms with Gasteiger partial charge in [-0.05, 0) is 23.3 Å². The normalized spacial score (nSPS) is 22.6. The number of hydrogen-bond acceptors (Lipinski definition) is 11. The number of hydrogen-bond donors (Lipinski definition) is 0. The van der Waals surface area contributed by atoms with Crippen molar-refractivity contribution in [2.75, 3.05) is 6.61 Å². The quantitative estimate of drug-likeness (QED) is 0.308. The summed E-state index contributed by atoms with van der Waals surface area (Å²) in [6.45, 7) is 4.49. The van der Waals surface area contributed by atoms with Crippen molar-refractivity contribution >= 4 is 35.0 Å². The summed E-state index contributed by atoms with van der Waals surface area (Å²) in [6.07, 6.45) is -5.25. The number of carbonyl (C=O) groups excluding carboxylic acids is 4. The third kappa shape index (κ3) is 6.99. The Morgan fingerprint density at radius 1 is 0.795 bits per heavy atom. The topological polar surface area (TPSA) is 140 Å². The van der Waals surface area contributed by atoms with E-state index in [0.717, 1.165) is 11.1 Å². The molecule has 2 heterocycles. The molecular weight excluding hydrogens is 510 g/mol. The van der Waals surface area contributed by atoms with E-state index in [4.69, 9.17) is 28.1 Å². The molecule has 0 radical (unpaired) electrons. The Kier molecular flexibility index (Phi) is 8.60. The van der Waals surface area contributed by atoms with Crippen LogP contribution in [0.25, 0.3) is 11.1 Å². The number of benzene rings is 2. The van der Waals surface area contributed by atoms with Crippen LogP contribution in [0.3, 0.4) is 0 Å². The van der Waals surface area contributed by atoms with Gasteiger partial charge in [-0.15, -0.1) is 0 Å². The van der Waals surface area contributed by atoms with Gasteiger partial charge in [0.1, 0.15) is 24.3 Å². The molecular formula is C28H29NO10. The number of rotatable bonds is 8. The molecule has 0 saturated carbocycles. The summed E-state index contributed by atoms with van der Waals surface area (Å²) in [7, 11) is 0. The van der Waals surface area contributed by atoms with Gasteiger partial charge in [-0.3, -0.25) is 19.2 Å². The second-order valence-electron chi connectivity index (χ2n) is 9.12. The zero-order chi connectivity index (χ0) is 28.1. The molecule has 1 saturated heterocycles. The van der Waals surface area contributed by atoms with E-state index in [9.17, 15) is 19.2 Å². The minimum absolute atomic E-state index is 0.295. The van der Waals surface area contributed by atoms with Gasteiger partial charge in [0.05, 0.1) is 0 Å². The first-order valence-corrected chi connectivity index (χ1v) is 12.3. The van der Waals surface area contributed by atoms with Crippen LogP contribution >= 0.6 is 0 Å². The Morgan fingerprint density at radius 3 is 2.13 bits per heavy atom. The second-order valence-corrected chi connectivity index (χ2v) is 9.12. The van der Waals surface area contributed by atoms with Gasteiger partial charge in [-0.25, -0.2) is 4.98 Å². The lowest BCUT2D eigenvalue weighted by atomic mass is 9.89. The number of nitrogens with zero attached hydrogens (tertiary/aromatic N) is 1. The van der Waals surface area contributed by atoms with E-state index in [-0.39, 0.29) is 6.61 Å². The van der Waals surface area contributed by atoms with E-state index in [1.807, 2.05) is 36.4 Å². The molecule has 0 spiro atoms. The molecule has 11 nitrogen and oxygen atoms in total. The third-order valence-corrected chi connectivity index (χ3v) is 5.96. The van der Waals surface area contributed by atoms with Crippen molar-refractivity contribution in [1.82, 2.24) is 4.98 Å². The molecule has 0 amide bonds. The predicted molar refractivity (Wildman–Crippen MR) is 134 cm³/mol. The first-order valence-electron chi connectivity index (χ1n) is 12.3. The van der Waals surface area contributed by atoms with Crippen LogP contribution in [0, 0.1) is 0 Å². The van der Waals surface area contributed by atoms with Crippen molar-refractivity contribution < 1.29 is 47.3 Å². The van der Waals surface area contributed by atoms with Crippen molar-refractivity contribution in [2.45, 2.75) is 64.6 Å². The lowest BCUT2D eigenvalue weighted by molar-refractivity contribution is -0.254. The van der Waals surface area contributed by atoms with Crippen LogP contribution in [-0.4, -0.2) is 59.9 Å². The number of oxazole rings is 1. The Labute approximate surface area is 224 Å². The molecule has 11 heteroatoms. The lowest BCUT2D eigenvalue weighted by Gasteiger charge is -2.44. The lowest BCUT2D eigenvalue weighted by Crippen LogP contribution is -2.59. The Hall–Kier alpha value is -4.25. The molecule has 1 aromatic heterocycles. The smallest absolute Gasteiger partial charge is 0.303 e. The van der Waals surface area contributed by atoms with E-state index < -0.39 is 54.4 Å². The molecule has 0 aliphatic carbocycles. The molecule has 2 aromatic carbocycles. The predicted octanol–water partition coefficient (Wildman–Crippen LogP) is 3.22. The van der Waals surface area contributed by atoms with E-state index in [1.165, 1.54) is 27.7 Å². The average Bonchev–Trinajstić information content (AvgIpc) is 3.27. The number of fused-ring (bicyclic) bond motifs is 1. The van der Waals surface area contributed by atoms with Gasteiger partial charge in [0.25, 0.3) is 0 Å². The zero-order valence-corrected chi connectivity index (χ0v) is 21.9. The summed E-state index contributed by atoms with van der Waals surface area (Å²) >= 11 is 0. The average molecular weight is 540 g/mol. The maximum Gasteiger partial charge on any atom is 0.303 e. The van der Waals surface area contributed by atoms with E-state index in [0.29, 0.717) is 23.5 Å². The minimum atomic E-state index is -1.24. The fraction of sp³-hybridized carbons (Fsp3) is 0.393. The maximum absolute atomic E-state index is 12.1. The van der Waals surface area contributed by atoms with Crippen LogP contribution in [0.5, 0.6) is 0 Å². The molecule has 1 aliphatic rings. The van der Waals surface area contributed by atoms with Crippen molar-refractivity contribution in [3.63, 3.8) is 0 Å². The fourth-order valence-corrected chi connectivity index (χ4v) is 4.55. The van der Waals surface area contributed by atoms with Gasteiger partial charge in [-0.1, -0.05) is 36.4 Å². The number of ether oxygens (including phenoxy) is 5. The molecule has 5 atom stereocenters. The first-order chi connectivity index (χ1) is 18.6. The highest BCUT2D eigenvalue weighted by Crippen LogP contribution is 2.38.